The highest BCUT2D eigenvalue weighted by Crippen LogP contribution is 2.61. The number of fused-ring (bicyclic) bond motifs is 4. The molecule has 4 fully saturated rings. The summed E-state index contributed by atoms with van der Waals surface area (Å²) in [6.45, 7) is 0. The molecular weight excluding hydrogens is 843 g/mol. The Hall–Kier alpha value is -7.74. The van der Waals surface area contributed by atoms with Gasteiger partial charge in [-0.25, -0.2) is 0 Å². The molecule has 4 bridgehead atoms. The summed E-state index contributed by atoms with van der Waals surface area (Å²) in [4.78, 5) is 2.46. The van der Waals surface area contributed by atoms with Crippen molar-refractivity contribution in [2.24, 2.45) is 17.8 Å². The van der Waals surface area contributed by atoms with Crippen molar-refractivity contribution >= 4 is 27.8 Å². The van der Waals surface area contributed by atoms with Gasteiger partial charge in [0.2, 0.25) is 0 Å². The molecular formula is C69H55N. The van der Waals surface area contributed by atoms with E-state index in [1.54, 1.807) is 5.56 Å². The van der Waals surface area contributed by atoms with Crippen LogP contribution in [-0.2, 0) is 10.8 Å². The minimum absolute atomic E-state index is 0.404. The Morgan fingerprint density at radius 2 is 0.757 bits per heavy atom. The van der Waals surface area contributed by atoms with Crippen LogP contribution in [0.1, 0.15) is 66.3 Å². The molecule has 0 aliphatic heterocycles. The van der Waals surface area contributed by atoms with Crippen LogP contribution in [0.4, 0.5) is 17.1 Å². The van der Waals surface area contributed by atoms with Gasteiger partial charge in [-0.05, 0) is 181 Å². The minimum atomic E-state index is -0.503. The highest BCUT2D eigenvalue weighted by molar-refractivity contribution is 6.06. The lowest BCUT2D eigenvalue weighted by Crippen LogP contribution is -2.48. The molecule has 70 heavy (non-hydrogen) atoms. The summed E-state index contributed by atoms with van der Waals surface area (Å²) in [6, 6.07) is 91.1. The number of anilines is 3. The zero-order valence-electron chi connectivity index (χ0n) is 39.5. The molecule has 1 nitrogen and oxygen atoms in total. The van der Waals surface area contributed by atoms with Crippen molar-refractivity contribution < 1.29 is 0 Å². The molecule has 0 aromatic heterocycles. The van der Waals surface area contributed by atoms with E-state index < -0.39 is 5.41 Å². The van der Waals surface area contributed by atoms with Crippen LogP contribution >= 0.6 is 0 Å². The molecule has 0 saturated heterocycles. The van der Waals surface area contributed by atoms with Gasteiger partial charge in [0.1, 0.15) is 0 Å². The van der Waals surface area contributed by atoms with Crippen LogP contribution in [0.25, 0.3) is 55.3 Å². The first-order valence-corrected chi connectivity index (χ1v) is 25.7. The highest BCUT2D eigenvalue weighted by Gasteiger charge is 2.51. The SMILES string of the molecule is c1ccc(-c2cccc3cccc(-c4ccc(N(c5ccc(-c6ccc(C78CC9CC(CC(C9)C7)C8)cc6)cc5)c5ccc6c(c5)C(c5ccccc5)(c5ccccc5)c5ccccc5-6)cc4)c23)cc1. The molecule has 15 rings (SSSR count). The van der Waals surface area contributed by atoms with Crippen LogP contribution in [0.5, 0.6) is 0 Å². The standard InChI is InChI=1S/C69H55N/c1-4-14-52(15-5-1)61-23-12-16-54-17-13-24-62(67(54)61)53-30-36-59(37-31-53)70(58-34-28-51(29-35-58)50-26-32-55(33-27-50)68-44-47-40-48(45-68)42-49(41-47)46-68)60-38-39-64-63-22-10-11-25-65(63)69(66(64)43-60,56-18-6-2-7-19-56)57-20-8-3-9-21-57/h1-39,43,47-49H,40-42,44-46H2. The number of benzene rings is 10. The Labute approximate surface area is 412 Å². The van der Waals surface area contributed by atoms with Gasteiger partial charge < -0.3 is 4.90 Å². The fourth-order valence-electron chi connectivity index (χ4n) is 14.5. The van der Waals surface area contributed by atoms with Gasteiger partial charge in [0.05, 0.1) is 5.41 Å². The molecule has 5 aliphatic carbocycles. The second-order valence-electron chi connectivity index (χ2n) is 21.0. The van der Waals surface area contributed by atoms with Crippen molar-refractivity contribution in [2.45, 2.75) is 49.4 Å². The predicted molar refractivity (Wildman–Crippen MR) is 292 cm³/mol. The van der Waals surface area contributed by atoms with Crippen LogP contribution in [0.15, 0.2) is 243 Å². The molecule has 5 aliphatic rings. The van der Waals surface area contributed by atoms with E-state index in [1.807, 2.05) is 0 Å². The fraction of sp³-hybridized carbons (Fsp3) is 0.159. The van der Waals surface area contributed by atoms with Crippen LogP contribution in [0.2, 0.25) is 0 Å². The zero-order chi connectivity index (χ0) is 46.2. The molecule has 10 aromatic rings. The van der Waals surface area contributed by atoms with Crippen molar-refractivity contribution in [1.29, 1.82) is 0 Å². The number of nitrogens with zero attached hydrogens (tertiary/aromatic N) is 1. The third kappa shape index (κ3) is 6.59. The van der Waals surface area contributed by atoms with E-state index in [0.717, 1.165) is 34.8 Å². The maximum atomic E-state index is 2.48. The summed E-state index contributed by atoms with van der Waals surface area (Å²) in [5.41, 5.74) is 20.0. The molecule has 336 valence electrons. The lowest BCUT2D eigenvalue weighted by Gasteiger charge is -2.57. The maximum Gasteiger partial charge on any atom is 0.0714 e. The summed E-state index contributed by atoms with van der Waals surface area (Å²) in [5, 5.41) is 2.52. The van der Waals surface area contributed by atoms with Gasteiger partial charge in [0.15, 0.2) is 0 Å². The van der Waals surface area contributed by atoms with Gasteiger partial charge in [-0.1, -0.05) is 206 Å². The topological polar surface area (TPSA) is 3.24 Å². The van der Waals surface area contributed by atoms with E-state index in [2.05, 4.69) is 248 Å². The third-order valence-electron chi connectivity index (χ3n) is 17.1. The van der Waals surface area contributed by atoms with Gasteiger partial charge in [0.25, 0.3) is 0 Å². The Balaban J connectivity index is 0.897. The van der Waals surface area contributed by atoms with Crippen molar-refractivity contribution in [3.05, 3.63) is 270 Å². The molecule has 0 heterocycles. The summed E-state index contributed by atoms with van der Waals surface area (Å²) in [5.74, 6) is 2.83. The number of rotatable bonds is 9. The van der Waals surface area contributed by atoms with E-state index in [4.69, 9.17) is 0 Å². The summed E-state index contributed by atoms with van der Waals surface area (Å²) < 4.78 is 0. The molecule has 1 heteroatoms. The lowest BCUT2D eigenvalue weighted by atomic mass is 9.48. The summed E-state index contributed by atoms with van der Waals surface area (Å²) in [7, 11) is 0. The molecule has 0 unspecified atom stereocenters. The van der Waals surface area contributed by atoms with Gasteiger partial charge in [-0.2, -0.15) is 0 Å². The smallest absolute Gasteiger partial charge is 0.0714 e. The Morgan fingerprint density at radius 3 is 1.33 bits per heavy atom. The van der Waals surface area contributed by atoms with Crippen molar-refractivity contribution in [2.75, 3.05) is 4.90 Å². The second-order valence-corrected chi connectivity index (χ2v) is 21.0. The van der Waals surface area contributed by atoms with E-state index in [-0.39, 0.29) is 0 Å². The van der Waals surface area contributed by atoms with Crippen LogP contribution < -0.4 is 4.90 Å². The molecule has 10 aromatic carbocycles. The molecule has 0 amide bonds. The summed E-state index contributed by atoms with van der Waals surface area (Å²) >= 11 is 0. The van der Waals surface area contributed by atoms with Crippen LogP contribution in [-0.4, -0.2) is 0 Å². The van der Waals surface area contributed by atoms with E-state index >= 15 is 0 Å². The first-order valence-electron chi connectivity index (χ1n) is 25.7. The molecule has 0 spiro atoms. The minimum Gasteiger partial charge on any atom is -0.310 e. The predicted octanol–water partition coefficient (Wildman–Crippen LogP) is 18.1. The van der Waals surface area contributed by atoms with Crippen LogP contribution in [0.3, 0.4) is 0 Å². The van der Waals surface area contributed by atoms with E-state index in [9.17, 15) is 0 Å². The summed E-state index contributed by atoms with van der Waals surface area (Å²) in [6.07, 6.45) is 8.62. The maximum absolute atomic E-state index is 2.48. The normalized spacial score (nSPS) is 20.3. The van der Waals surface area contributed by atoms with Crippen molar-refractivity contribution in [1.82, 2.24) is 0 Å². The van der Waals surface area contributed by atoms with Crippen LogP contribution in [0, 0.1) is 17.8 Å². The lowest BCUT2D eigenvalue weighted by molar-refractivity contribution is -0.00518. The van der Waals surface area contributed by atoms with Gasteiger partial charge in [-0.3, -0.25) is 0 Å². The van der Waals surface area contributed by atoms with E-state index in [1.165, 1.54) is 116 Å². The van der Waals surface area contributed by atoms with Gasteiger partial charge >= 0.3 is 0 Å². The largest absolute Gasteiger partial charge is 0.310 e. The average molecular weight is 898 g/mol. The molecule has 0 N–H and O–H groups in total. The Bertz CT molecular complexity index is 3460. The highest BCUT2D eigenvalue weighted by atomic mass is 15.1. The molecule has 4 saturated carbocycles. The third-order valence-corrected chi connectivity index (χ3v) is 17.1. The molecule has 0 atom stereocenters. The number of hydrogen-bond acceptors (Lipinski definition) is 1. The first-order chi connectivity index (χ1) is 34.6. The quantitative estimate of drug-likeness (QED) is 0.140. The fourth-order valence-corrected chi connectivity index (χ4v) is 14.5. The Kier molecular flexibility index (Phi) is 9.70. The van der Waals surface area contributed by atoms with Gasteiger partial charge in [-0.15, -0.1) is 0 Å². The second kappa shape index (κ2) is 16.5. The molecule has 0 radical (unpaired) electrons. The first kappa shape index (κ1) is 41.3. The zero-order valence-corrected chi connectivity index (χ0v) is 39.5. The van der Waals surface area contributed by atoms with E-state index in [0.29, 0.717) is 5.41 Å². The number of hydrogen-bond donors (Lipinski definition) is 0. The Morgan fingerprint density at radius 1 is 0.314 bits per heavy atom. The van der Waals surface area contributed by atoms with Crippen molar-refractivity contribution in [3.8, 4) is 44.5 Å². The van der Waals surface area contributed by atoms with Crippen molar-refractivity contribution in [3.63, 3.8) is 0 Å². The average Bonchev–Trinajstić information content (AvgIpc) is 3.72. The monoisotopic (exact) mass is 897 g/mol. The van der Waals surface area contributed by atoms with Gasteiger partial charge in [0, 0.05) is 17.1 Å².